The number of anilines is 1. The number of rotatable bonds is 10. The van der Waals surface area contributed by atoms with Crippen LogP contribution in [0.3, 0.4) is 0 Å². The maximum atomic E-state index is 13.3. The number of aromatic hydroxyl groups is 1. The number of halogens is 1. The largest absolute Gasteiger partial charge is 0.505 e. The maximum absolute atomic E-state index is 13.3. The van der Waals surface area contributed by atoms with Gasteiger partial charge in [0.15, 0.2) is 5.75 Å². The van der Waals surface area contributed by atoms with Gasteiger partial charge in [-0.1, -0.05) is 59.6 Å². The molecule has 5 aromatic carbocycles. The van der Waals surface area contributed by atoms with E-state index in [2.05, 4.69) is 15.0 Å². The summed E-state index contributed by atoms with van der Waals surface area (Å²) in [6.07, 6.45) is 0. The molecule has 0 atom stereocenters. The van der Waals surface area contributed by atoms with Crippen molar-refractivity contribution >= 4 is 99.3 Å². The Kier molecular flexibility index (Phi) is 11.2. The molecule has 0 saturated carbocycles. The first kappa shape index (κ1) is 37.2. The monoisotopic (exact) mass is 740 g/mol. The minimum atomic E-state index is -5.18. The first-order valence-corrected chi connectivity index (χ1v) is 18.0. The number of azo groups is 1. The van der Waals surface area contributed by atoms with Gasteiger partial charge < -0.3 is 9.84 Å². The summed E-state index contributed by atoms with van der Waals surface area (Å²) < 4.78 is 103. The molecule has 0 saturated heterocycles. The van der Waals surface area contributed by atoms with Crippen molar-refractivity contribution in [3.8, 4) is 11.5 Å². The minimum absolute atomic E-state index is 0. The van der Waals surface area contributed by atoms with E-state index >= 15 is 0 Å². The molecule has 18 heteroatoms. The fraction of sp³-hybridized carbons (Fsp3) is 0.0667. The third kappa shape index (κ3) is 8.52. The SMILES string of the molecule is Cc1ccc(S(=O)(=O)Nc2cc(S(=O)(=O)O)cc3cc(S(=O)(=O)O)c(N=Nc4cc(Cl)ccc4OCc4ccccc4)c(O)c23)cc1.[Na]. The summed E-state index contributed by atoms with van der Waals surface area (Å²) in [7, 11) is -14.6. The molecule has 0 bridgehead atoms. The van der Waals surface area contributed by atoms with Gasteiger partial charge in [-0.05, 0) is 66.4 Å². The van der Waals surface area contributed by atoms with E-state index in [1.54, 1.807) is 6.92 Å². The van der Waals surface area contributed by atoms with Crippen LogP contribution in [0, 0.1) is 6.92 Å². The normalized spacial score (nSPS) is 12.2. The van der Waals surface area contributed by atoms with Gasteiger partial charge in [-0.3, -0.25) is 13.8 Å². The molecule has 0 unspecified atom stereocenters. The molecule has 0 amide bonds. The van der Waals surface area contributed by atoms with Crippen molar-refractivity contribution in [3.05, 3.63) is 107 Å². The van der Waals surface area contributed by atoms with Crippen LogP contribution in [0.1, 0.15) is 11.1 Å². The number of benzene rings is 5. The molecule has 0 spiro atoms. The van der Waals surface area contributed by atoms with Crippen LogP contribution in [-0.2, 0) is 36.9 Å². The second-order valence-corrected chi connectivity index (χ2v) is 15.0. The van der Waals surface area contributed by atoms with Gasteiger partial charge in [0, 0.05) is 34.6 Å². The Hall–Kier alpha value is -3.58. The minimum Gasteiger partial charge on any atom is -0.505 e. The van der Waals surface area contributed by atoms with E-state index in [1.165, 1.54) is 42.5 Å². The van der Waals surface area contributed by atoms with Crippen LogP contribution >= 0.6 is 11.6 Å². The molecule has 0 aliphatic carbocycles. The van der Waals surface area contributed by atoms with Gasteiger partial charge in [0.1, 0.15) is 28.6 Å². The van der Waals surface area contributed by atoms with Gasteiger partial charge in [-0.25, -0.2) is 8.42 Å². The summed E-state index contributed by atoms with van der Waals surface area (Å²) >= 11 is 6.14. The third-order valence-corrected chi connectivity index (χ3v) is 10.0. The number of hydrogen-bond acceptors (Lipinski definition) is 10. The van der Waals surface area contributed by atoms with Crippen LogP contribution in [0.5, 0.6) is 11.5 Å². The molecule has 0 aliphatic rings. The van der Waals surface area contributed by atoms with Gasteiger partial charge in [0.25, 0.3) is 30.3 Å². The molecule has 13 nitrogen and oxygen atoms in total. The zero-order valence-electron chi connectivity index (χ0n) is 25.1. The van der Waals surface area contributed by atoms with Crippen molar-refractivity contribution in [1.29, 1.82) is 0 Å². The molecule has 0 aliphatic heterocycles. The number of ether oxygens (including phenoxy) is 1. The third-order valence-electron chi connectivity index (χ3n) is 6.69. The van der Waals surface area contributed by atoms with Gasteiger partial charge in [-0.2, -0.15) is 16.8 Å². The van der Waals surface area contributed by atoms with Crippen LogP contribution in [0.25, 0.3) is 10.8 Å². The fourth-order valence-corrected chi connectivity index (χ4v) is 6.86. The zero-order valence-corrected chi connectivity index (χ0v) is 30.3. The van der Waals surface area contributed by atoms with Gasteiger partial charge in [0.2, 0.25) is 0 Å². The van der Waals surface area contributed by atoms with E-state index < -0.39 is 67.9 Å². The molecule has 245 valence electrons. The van der Waals surface area contributed by atoms with Crippen molar-refractivity contribution in [2.24, 2.45) is 10.2 Å². The van der Waals surface area contributed by atoms with E-state index in [0.29, 0.717) is 0 Å². The number of phenolic OH excluding ortho intramolecular Hbond substituents is 1. The predicted octanol–water partition coefficient (Wildman–Crippen LogP) is 6.42. The molecule has 48 heavy (non-hydrogen) atoms. The van der Waals surface area contributed by atoms with E-state index in [4.69, 9.17) is 16.3 Å². The standard InChI is InChI=1S/C30H24ClN3O10S3.Na/c1-18-7-10-22(11-8-18)45(36,37)34-25-16-23(46(38,39)40)13-20-14-27(47(41,42)43)29(30(35)28(20)25)33-32-24-15-21(31)9-12-26(24)44-17-19-5-3-2-4-6-19;/h2-16,34-35H,17H2,1H3,(H,38,39,40)(H,41,42,43);. The summed E-state index contributed by atoms with van der Waals surface area (Å²) in [5.74, 6) is -0.837. The molecular weight excluding hydrogens is 717 g/mol. The van der Waals surface area contributed by atoms with Gasteiger partial charge in [-0.15, -0.1) is 10.2 Å². The summed E-state index contributed by atoms with van der Waals surface area (Å²) in [5.41, 5.74) is 0.166. The average molecular weight is 741 g/mol. The number of fused-ring (bicyclic) bond motifs is 1. The Balaban J connectivity index is 0.00000520. The van der Waals surface area contributed by atoms with E-state index in [0.717, 1.165) is 29.3 Å². The molecule has 0 aromatic heterocycles. The Morgan fingerprint density at radius 1 is 0.792 bits per heavy atom. The number of sulfonamides is 1. The maximum Gasteiger partial charge on any atom is 0.296 e. The first-order valence-electron chi connectivity index (χ1n) is 13.3. The summed E-state index contributed by atoms with van der Waals surface area (Å²) in [4.78, 5) is -2.09. The topological polar surface area (TPSA) is 209 Å². The molecule has 1 radical (unpaired) electrons. The Labute approximate surface area is 303 Å². The summed E-state index contributed by atoms with van der Waals surface area (Å²) in [6, 6.07) is 21.3. The van der Waals surface area contributed by atoms with Gasteiger partial charge in [0.05, 0.1) is 20.9 Å². The summed E-state index contributed by atoms with van der Waals surface area (Å²) in [5, 5.41) is 18.7. The molecule has 5 rings (SSSR count). The van der Waals surface area contributed by atoms with Gasteiger partial charge >= 0.3 is 0 Å². The van der Waals surface area contributed by atoms with E-state index in [-0.39, 0.29) is 57.5 Å². The Morgan fingerprint density at radius 2 is 1.46 bits per heavy atom. The zero-order chi connectivity index (χ0) is 34.1. The van der Waals surface area contributed by atoms with Crippen LogP contribution in [0.2, 0.25) is 5.02 Å². The molecular formula is C30H24ClN3NaO10S3. The van der Waals surface area contributed by atoms with E-state index in [9.17, 15) is 39.5 Å². The van der Waals surface area contributed by atoms with E-state index in [1.807, 2.05) is 30.3 Å². The fourth-order valence-electron chi connectivity index (χ4n) is 4.43. The molecule has 0 heterocycles. The number of aryl methyl sites for hydroxylation is 1. The van der Waals surface area contributed by atoms with Crippen LogP contribution in [0.15, 0.2) is 116 Å². The number of nitrogens with one attached hydrogen (secondary N) is 1. The second kappa shape index (κ2) is 14.5. The smallest absolute Gasteiger partial charge is 0.296 e. The second-order valence-electron chi connectivity index (χ2n) is 10.1. The van der Waals surface area contributed by atoms with Crippen molar-refractivity contribution in [2.45, 2.75) is 28.2 Å². The predicted molar refractivity (Wildman–Crippen MR) is 179 cm³/mol. The van der Waals surface area contributed by atoms with Crippen molar-refractivity contribution in [3.63, 3.8) is 0 Å². The van der Waals surface area contributed by atoms with Crippen molar-refractivity contribution < 1.29 is 44.2 Å². The number of phenols is 1. The quantitative estimate of drug-likeness (QED) is 0.0702. The van der Waals surface area contributed by atoms with Crippen LogP contribution < -0.4 is 9.46 Å². The average Bonchev–Trinajstić information content (AvgIpc) is 2.99. The van der Waals surface area contributed by atoms with Crippen molar-refractivity contribution in [2.75, 3.05) is 4.72 Å². The number of nitrogens with zero attached hydrogens (tertiary/aromatic N) is 2. The van der Waals surface area contributed by atoms with Crippen LogP contribution in [-0.4, -0.2) is 69.0 Å². The van der Waals surface area contributed by atoms with Crippen LogP contribution in [0.4, 0.5) is 17.1 Å². The Bertz CT molecular complexity index is 2380. The molecule has 4 N–H and O–H groups in total. The first-order chi connectivity index (χ1) is 22.0. The Morgan fingerprint density at radius 3 is 2.08 bits per heavy atom. The molecule has 0 fully saturated rings. The summed E-state index contributed by atoms with van der Waals surface area (Å²) in [6.45, 7) is 1.85. The van der Waals surface area contributed by atoms with Crippen molar-refractivity contribution in [1.82, 2.24) is 0 Å². The number of hydrogen-bond donors (Lipinski definition) is 4. The molecule has 5 aromatic rings.